The molecule has 4 nitrogen and oxygen atoms in total. The normalized spacial score (nSPS) is 17.8. The van der Waals surface area contributed by atoms with E-state index in [9.17, 15) is 4.79 Å². The van der Waals surface area contributed by atoms with Gasteiger partial charge in [-0.05, 0) is 17.7 Å². The molecule has 19 heavy (non-hydrogen) atoms. The van der Waals surface area contributed by atoms with Gasteiger partial charge in [0.1, 0.15) is 5.82 Å². The number of anilines is 2. The number of thiazole rings is 1. The van der Waals surface area contributed by atoms with E-state index in [4.69, 9.17) is 0 Å². The van der Waals surface area contributed by atoms with Crippen molar-refractivity contribution in [2.24, 2.45) is 0 Å². The Balaban J connectivity index is 2.05. The van der Waals surface area contributed by atoms with Crippen molar-refractivity contribution in [1.29, 1.82) is 0 Å². The zero-order chi connectivity index (χ0) is 13.4. The molecule has 0 saturated carbocycles. The molecule has 1 amide bonds. The molecule has 6 heteroatoms. The molecule has 98 valence electrons. The van der Waals surface area contributed by atoms with Crippen molar-refractivity contribution in [2.75, 3.05) is 17.7 Å². The molecule has 0 spiro atoms. The summed E-state index contributed by atoms with van der Waals surface area (Å²) in [6.45, 7) is 0. The summed E-state index contributed by atoms with van der Waals surface area (Å²) in [6.07, 6.45) is 0.472. The van der Waals surface area contributed by atoms with Gasteiger partial charge in [-0.15, -0.1) is 0 Å². The van der Waals surface area contributed by atoms with E-state index in [0.717, 1.165) is 20.0 Å². The number of nitrogens with one attached hydrogen (secondary N) is 2. The number of amides is 1. The monoisotopic (exact) mass is 337 g/mol. The zero-order valence-corrected chi connectivity index (χ0v) is 12.6. The molecular formula is C13H12BrN3OS. The minimum Gasteiger partial charge on any atom is -0.365 e. The number of benzene rings is 1. The van der Waals surface area contributed by atoms with E-state index in [1.54, 1.807) is 11.3 Å². The van der Waals surface area contributed by atoms with Gasteiger partial charge in [-0.25, -0.2) is 4.98 Å². The van der Waals surface area contributed by atoms with Gasteiger partial charge in [0.2, 0.25) is 5.91 Å². The molecule has 0 aliphatic carbocycles. The fraction of sp³-hybridized carbons (Fsp3) is 0.231. The Kier molecular flexibility index (Phi) is 3.28. The standard InChI is InChI=1S/C13H12BrN3OS/c1-15-13-17-12-11(19-13)9(6-10(18)16-12)7-2-4-8(14)5-3-7/h2-5,9H,6H2,1H3,(H,15,17)(H,16,18)/t9-/m0/s1. The summed E-state index contributed by atoms with van der Waals surface area (Å²) in [5, 5.41) is 6.69. The van der Waals surface area contributed by atoms with Crippen molar-refractivity contribution < 1.29 is 4.79 Å². The maximum absolute atomic E-state index is 11.8. The number of carbonyl (C=O) groups excluding carboxylic acids is 1. The first-order chi connectivity index (χ1) is 9.17. The van der Waals surface area contributed by atoms with Gasteiger partial charge in [-0.2, -0.15) is 0 Å². The second-order valence-corrected chi connectivity index (χ2v) is 6.28. The average Bonchev–Trinajstić information content (AvgIpc) is 2.81. The fourth-order valence-corrected chi connectivity index (χ4v) is 3.46. The molecule has 3 rings (SSSR count). The minimum absolute atomic E-state index is 0.0216. The Bertz CT molecular complexity index is 623. The zero-order valence-electron chi connectivity index (χ0n) is 10.2. The van der Waals surface area contributed by atoms with E-state index in [-0.39, 0.29) is 11.8 Å². The molecule has 0 radical (unpaired) electrons. The summed E-state index contributed by atoms with van der Waals surface area (Å²) in [5.74, 6) is 0.809. The van der Waals surface area contributed by atoms with Crippen LogP contribution >= 0.6 is 27.3 Å². The average molecular weight is 338 g/mol. The van der Waals surface area contributed by atoms with Crippen LogP contribution in [-0.4, -0.2) is 17.9 Å². The molecule has 1 aliphatic rings. The van der Waals surface area contributed by atoms with Crippen LogP contribution in [0.4, 0.5) is 10.9 Å². The van der Waals surface area contributed by atoms with Crippen LogP contribution in [0.1, 0.15) is 22.8 Å². The van der Waals surface area contributed by atoms with Crippen LogP contribution in [0.2, 0.25) is 0 Å². The van der Waals surface area contributed by atoms with Crippen molar-refractivity contribution in [1.82, 2.24) is 4.98 Å². The third-order valence-corrected chi connectivity index (χ3v) is 4.82. The summed E-state index contributed by atoms with van der Waals surface area (Å²) < 4.78 is 1.04. The first kappa shape index (κ1) is 12.6. The van der Waals surface area contributed by atoms with E-state index in [2.05, 4.69) is 43.7 Å². The molecular weight excluding hydrogens is 326 g/mol. The number of fused-ring (bicyclic) bond motifs is 1. The van der Waals surface area contributed by atoms with E-state index >= 15 is 0 Å². The van der Waals surface area contributed by atoms with Crippen molar-refractivity contribution in [2.45, 2.75) is 12.3 Å². The van der Waals surface area contributed by atoms with E-state index in [0.29, 0.717) is 12.2 Å². The summed E-state index contributed by atoms with van der Waals surface area (Å²) in [6, 6.07) is 8.11. The summed E-state index contributed by atoms with van der Waals surface area (Å²) in [5.41, 5.74) is 1.14. The number of rotatable bonds is 2. The van der Waals surface area contributed by atoms with Crippen LogP contribution in [0.25, 0.3) is 0 Å². The van der Waals surface area contributed by atoms with Crippen LogP contribution in [0.5, 0.6) is 0 Å². The van der Waals surface area contributed by atoms with Gasteiger partial charge in [0, 0.05) is 23.9 Å². The highest BCUT2D eigenvalue weighted by atomic mass is 79.9. The number of hydrogen-bond donors (Lipinski definition) is 2. The Morgan fingerprint density at radius 2 is 2.16 bits per heavy atom. The third kappa shape index (κ3) is 2.37. The number of nitrogens with zero attached hydrogens (tertiary/aromatic N) is 1. The van der Waals surface area contributed by atoms with Crippen molar-refractivity contribution in [3.63, 3.8) is 0 Å². The van der Waals surface area contributed by atoms with Gasteiger partial charge in [-0.1, -0.05) is 39.4 Å². The first-order valence-electron chi connectivity index (χ1n) is 5.91. The Morgan fingerprint density at radius 3 is 2.84 bits per heavy atom. The molecule has 0 saturated heterocycles. The van der Waals surface area contributed by atoms with E-state index < -0.39 is 0 Å². The predicted octanol–water partition coefficient (Wildman–Crippen LogP) is 3.42. The van der Waals surface area contributed by atoms with Gasteiger partial charge in [-0.3, -0.25) is 4.79 Å². The second kappa shape index (κ2) is 4.94. The molecule has 1 aliphatic heterocycles. The summed E-state index contributed by atoms with van der Waals surface area (Å²) in [4.78, 5) is 17.3. The van der Waals surface area contributed by atoms with Crippen molar-refractivity contribution in [3.05, 3.63) is 39.2 Å². The van der Waals surface area contributed by atoms with Gasteiger partial charge in [0.15, 0.2) is 5.13 Å². The predicted molar refractivity (Wildman–Crippen MR) is 80.9 cm³/mol. The van der Waals surface area contributed by atoms with E-state index in [1.807, 2.05) is 19.2 Å². The highest BCUT2D eigenvalue weighted by molar-refractivity contribution is 9.10. The quantitative estimate of drug-likeness (QED) is 0.882. The molecule has 2 aromatic rings. The first-order valence-corrected chi connectivity index (χ1v) is 7.52. The summed E-state index contributed by atoms with van der Waals surface area (Å²) in [7, 11) is 1.83. The van der Waals surface area contributed by atoms with Crippen molar-refractivity contribution in [3.8, 4) is 0 Å². The smallest absolute Gasteiger partial charge is 0.226 e. The summed E-state index contributed by atoms with van der Waals surface area (Å²) >= 11 is 5.03. The van der Waals surface area contributed by atoms with Gasteiger partial charge in [0.25, 0.3) is 0 Å². The largest absolute Gasteiger partial charge is 0.365 e. The van der Waals surface area contributed by atoms with Gasteiger partial charge in [0.05, 0.1) is 4.88 Å². The van der Waals surface area contributed by atoms with Crippen LogP contribution in [-0.2, 0) is 4.79 Å². The lowest BCUT2D eigenvalue weighted by atomic mass is 9.92. The lowest BCUT2D eigenvalue weighted by molar-refractivity contribution is -0.116. The van der Waals surface area contributed by atoms with Gasteiger partial charge >= 0.3 is 0 Å². The molecule has 2 heterocycles. The van der Waals surface area contributed by atoms with Crippen molar-refractivity contribution >= 4 is 44.1 Å². The topological polar surface area (TPSA) is 54.0 Å². The SMILES string of the molecule is CNc1nc2c(s1)[C@H](c1ccc(Br)cc1)CC(=O)N2. The minimum atomic E-state index is 0.0216. The number of carbonyl (C=O) groups is 1. The molecule has 1 aromatic carbocycles. The van der Waals surface area contributed by atoms with Crippen LogP contribution in [0.15, 0.2) is 28.7 Å². The highest BCUT2D eigenvalue weighted by Crippen LogP contribution is 2.42. The van der Waals surface area contributed by atoms with Crippen LogP contribution in [0, 0.1) is 0 Å². The lowest BCUT2D eigenvalue weighted by Crippen LogP contribution is -2.22. The second-order valence-electron chi connectivity index (χ2n) is 4.34. The highest BCUT2D eigenvalue weighted by Gasteiger charge is 2.30. The number of aromatic nitrogens is 1. The maximum Gasteiger partial charge on any atom is 0.226 e. The number of halogens is 1. The van der Waals surface area contributed by atoms with Crippen LogP contribution < -0.4 is 10.6 Å². The Hall–Kier alpha value is -1.40. The maximum atomic E-state index is 11.8. The fourth-order valence-electron chi connectivity index (χ4n) is 2.19. The molecule has 0 unspecified atom stereocenters. The molecule has 2 N–H and O–H groups in total. The molecule has 1 atom stereocenters. The third-order valence-electron chi connectivity index (χ3n) is 3.10. The van der Waals surface area contributed by atoms with Gasteiger partial charge < -0.3 is 10.6 Å². The lowest BCUT2D eigenvalue weighted by Gasteiger charge is -2.21. The van der Waals surface area contributed by atoms with Crippen LogP contribution in [0.3, 0.4) is 0 Å². The Morgan fingerprint density at radius 1 is 1.42 bits per heavy atom. The molecule has 0 bridgehead atoms. The molecule has 1 aromatic heterocycles. The molecule has 0 fully saturated rings. The Labute approximate surface area is 123 Å². The number of hydrogen-bond acceptors (Lipinski definition) is 4. The van der Waals surface area contributed by atoms with E-state index in [1.165, 1.54) is 0 Å².